The van der Waals surface area contributed by atoms with Gasteiger partial charge in [-0.15, -0.1) is 0 Å². The highest BCUT2D eigenvalue weighted by atomic mass is 16.5. The van der Waals surface area contributed by atoms with Crippen molar-refractivity contribution >= 4 is 0 Å². The summed E-state index contributed by atoms with van der Waals surface area (Å²) in [5.74, 6) is 0. The number of hydrogen-bond donors (Lipinski definition) is 1. The Morgan fingerprint density at radius 3 is 2.69 bits per heavy atom. The summed E-state index contributed by atoms with van der Waals surface area (Å²) in [6.45, 7) is 8.46. The second-order valence-electron chi connectivity index (χ2n) is 5.69. The zero-order chi connectivity index (χ0) is 11.6. The molecule has 1 heterocycles. The topological polar surface area (TPSA) is 38.5 Å². The summed E-state index contributed by atoms with van der Waals surface area (Å²) in [6, 6.07) is 0.611. The molecule has 0 amide bonds. The van der Waals surface area contributed by atoms with Gasteiger partial charge in [0.25, 0.3) is 0 Å². The molecule has 2 aliphatic rings. The van der Waals surface area contributed by atoms with Crippen LogP contribution in [0.2, 0.25) is 0 Å². The Hall–Kier alpha value is -0.120. The molecule has 2 fully saturated rings. The van der Waals surface area contributed by atoms with Gasteiger partial charge < -0.3 is 10.5 Å². The molecule has 0 aromatic heterocycles. The van der Waals surface area contributed by atoms with E-state index < -0.39 is 0 Å². The number of nitrogens with zero attached hydrogens (tertiary/aromatic N) is 1. The molecule has 1 saturated carbocycles. The van der Waals surface area contributed by atoms with Gasteiger partial charge in [0, 0.05) is 19.1 Å². The Bertz CT molecular complexity index is 222. The van der Waals surface area contributed by atoms with Crippen LogP contribution in [0.5, 0.6) is 0 Å². The Kier molecular flexibility index (Phi) is 3.88. The monoisotopic (exact) mass is 226 g/mol. The van der Waals surface area contributed by atoms with Crippen molar-refractivity contribution in [3.8, 4) is 0 Å². The lowest BCUT2D eigenvalue weighted by atomic mass is 9.68. The lowest BCUT2D eigenvalue weighted by Gasteiger charge is -2.48. The molecule has 94 valence electrons. The number of morpholine rings is 1. The van der Waals surface area contributed by atoms with Crippen molar-refractivity contribution in [2.24, 2.45) is 11.1 Å². The van der Waals surface area contributed by atoms with Crippen LogP contribution >= 0.6 is 0 Å². The summed E-state index contributed by atoms with van der Waals surface area (Å²) in [5.41, 5.74) is 6.38. The molecule has 1 aliphatic carbocycles. The molecule has 3 nitrogen and oxygen atoms in total. The lowest BCUT2D eigenvalue weighted by Crippen LogP contribution is -2.55. The second-order valence-corrected chi connectivity index (χ2v) is 5.69. The first kappa shape index (κ1) is 12.3. The summed E-state index contributed by atoms with van der Waals surface area (Å²) in [6.07, 6.45) is 5.59. The second kappa shape index (κ2) is 5.03. The van der Waals surface area contributed by atoms with Crippen LogP contribution in [0.3, 0.4) is 0 Å². The predicted molar refractivity (Wildman–Crippen MR) is 66.4 cm³/mol. The number of hydrogen-bond acceptors (Lipinski definition) is 3. The van der Waals surface area contributed by atoms with E-state index in [4.69, 9.17) is 10.5 Å². The van der Waals surface area contributed by atoms with Crippen molar-refractivity contribution in [2.45, 2.75) is 51.7 Å². The van der Waals surface area contributed by atoms with Crippen LogP contribution in [-0.2, 0) is 4.74 Å². The maximum Gasteiger partial charge on any atom is 0.0674 e. The van der Waals surface area contributed by atoms with Gasteiger partial charge in [0.15, 0.2) is 0 Å². The molecule has 0 spiro atoms. The highest BCUT2D eigenvalue weighted by Crippen LogP contribution is 2.41. The highest BCUT2D eigenvalue weighted by Gasteiger charge is 2.39. The molecule has 2 N–H and O–H groups in total. The van der Waals surface area contributed by atoms with Gasteiger partial charge in [-0.05, 0) is 38.1 Å². The Labute approximate surface area is 99.3 Å². The van der Waals surface area contributed by atoms with E-state index in [1.54, 1.807) is 0 Å². The average Bonchev–Trinajstić information content (AvgIpc) is 2.24. The molecule has 1 aliphatic heterocycles. The number of rotatable bonds is 4. The molecule has 0 aromatic rings. The Morgan fingerprint density at radius 2 is 2.19 bits per heavy atom. The number of nitrogens with two attached hydrogens (primary N) is 1. The van der Waals surface area contributed by atoms with Gasteiger partial charge >= 0.3 is 0 Å². The molecule has 2 atom stereocenters. The van der Waals surface area contributed by atoms with Crippen LogP contribution in [0.4, 0.5) is 0 Å². The van der Waals surface area contributed by atoms with Crippen molar-refractivity contribution in [1.82, 2.24) is 4.90 Å². The van der Waals surface area contributed by atoms with Crippen molar-refractivity contribution in [3.63, 3.8) is 0 Å². The predicted octanol–water partition coefficient (Wildman–Crippen LogP) is 1.61. The van der Waals surface area contributed by atoms with Crippen LogP contribution in [0.15, 0.2) is 0 Å². The van der Waals surface area contributed by atoms with E-state index in [9.17, 15) is 0 Å². The molecule has 16 heavy (non-hydrogen) atoms. The van der Waals surface area contributed by atoms with Gasteiger partial charge in [0.2, 0.25) is 0 Å². The van der Waals surface area contributed by atoms with E-state index >= 15 is 0 Å². The van der Waals surface area contributed by atoms with Crippen molar-refractivity contribution in [2.75, 3.05) is 26.2 Å². The maximum absolute atomic E-state index is 5.95. The molecule has 0 aromatic carbocycles. The van der Waals surface area contributed by atoms with E-state index in [0.29, 0.717) is 17.6 Å². The minimum absolute atomic E-state index is 0.387. The zero-order valence-corrected chi connectivity index (χ0v) is 10.7. The Morgan fingerprint density at radius 1 is 1.44 bits per heavy atom. The van der Waals surface area contributed by atoms with Gasteiger partial charge in [0.1, 0.15) is 0 Å². The first-order valence-corrected chi connectivity index (χ1v) is 6.75. The molecule has 2 unspecified atom stereocenters. The molecule has 0 bridgehead atoms. The van der Waals surface area contributed by atoms with Crippen LogP contribution in [0.1, 0.15) is 39.5 Å². The average molecular weight is 226 g/mol. The van der Waals surface area contributed by atoms with E-state index in [2.05, 4.69) is 18.7 Å². The van der Waals surface area contributed by atoms with E-state index in [1.807, 2.05) is 0 Å². The fourth-order valence-corrected chi connectivity index (χ4v) is 3.02. The van der Waals surface area contributed by atoms with Crippen LogP contribution in [0, 0.1) is 5.41 Å². The highest BCUT2D eigenvalue weighted by molar-refractivity contribution is 4.93. The number of ether oxygens (including phenoxy) is 1. The first-order valence-electron chi connectivity index (χ1n) is 6.75. The summed E-state index contributed by atoms with van der Waals surface area (Å²) in [7, 11) is 0. The smallest absolute Gasteiger partial charge is 0.0674 e. The van der Waals surface area contributed by atoms with Crippen molar-refractivity contribution < 1.29 is 4.74 Å². The van der Waals surface area contributed by atoms with Gasteiger partial charge in [-0.2, -0.15) is 0 Å². The van der Waals surface area contributed by atoms with Crippen molar-refractivity contribution in [1.29, 1.82) is 0 Å². The fourth-order valence-electron chi connectivity index (χ4n) is 3.02. The molecule has 1 saturated heterocycles. The summed E-state index contributed by atoms with van der Waals surface area (Å²) < 4.78 is 5.74. The van der Waals surface area contributed by atoms with E-state index in [0.717, 1.165) is 19.7 Å². The Balaban J connectivity index is 1.94. The largest absolute Gasteiger partial charge is 0.376 e. The third-order valence-electron chi connectivity index (χ3n) is 4.44. The zero-order valence-electron chi connectivity index (χ0n) is 10.7. The van der Waals surface area contributed by atoms with E-state index in [1.165, 1.54) is 32.2 Å². The third kappa shape index (κ3) is 2.41. The fraction of sp³-hybridized carbons (Fsp3) is 1.00. The quantitative estimate of drug-likeness (QED) is 0.791. The molecular weight excluding hydrogens is 200 g/mol. The standard InChI is InChI=1S/C13H26N2O/c1-3-12-8-16-11(2)7-15(12)10-13(9-14)5-4-6-13/h11-12H,3-10,14H2,1-2H3. The molecule has 3 heteroatoms. The van der Waals surface area contributed by atoms with Gasteiger partial charge in [-0.1, -0.05) is 13.3 Å². The van der Waals surface area contributed by atoms with Gasteiger partial charge in [0.05, 0.1) is 12.7 Å². The minimum Gasteiger partial charge on any atom is -0.376 e. The van der Waals surface area contributed by atoms with Crippen LogP contribution in [0.25, 0.3) is 0 Å². The summed E-state index contributed by atoms with van der Waals surface area (Å²) in [5, 5.41) is 0. The normalized spacial score (nSPS) is 34.7. The lowest BCUT2D eigenvalue weighted by molar-refractivity contribution is -0.0774. The third-order valence-corrected chi connectivity index (χ3v) is 4.44. The SMILES string of the molecule is CCC1COC(C)CN1CC1(CN)CCC1. The maximum atomic E-state index is 5.95. The molecule has 2 rings (SSSR count). The van der Waals surface area contributed by atoms with Crippen LogP contribution < -0.4 is 5.73 Å². The summed E-state index contributed by atoms with van der Waals surface area (Å²) >= 11 is 0. The van der Waals surface area contributed by atoms with E-state index in [-0.39, 0.29) is 0 Å². The minimum atomic E-state index is 0.387. The van der Waals surface area contributed by atoms with Gasteiger partial charge in [-0.3, -0.25) is 4.90 Å². The molecule has 0 radical (unpaired) electrons. The van der Waals surface area contributed by atoms with Crippen molar-refractivity contribution in [3.05, 3.63) is 0 Å². The molecular formula is C13H26N2O. The first-order chi connectivity index (χ1) is 7.69. The summed E-state index contributed by atoms with van der Waals surface area (Å²) in [4.78, 5) is 2.63. The van der Waals surface area contributed by atoms with Crippen LogP contribution in [-0.4, -0.2) is 43.3 Å². The van der Waals surface area contributed by atoms with Gasteiger partial charge in [-0.25, -0.2) is 0 Å².